The van der Waals surface area contributed by atoms with E-state index >= 15 is 0 Å². The molecule has 2 heterocycles. The van der Waals surface area contributed by atoms with Gasteiger partial charge in [-0.05, 0) is 24.3 Å². The average Bonchev–Trinajstić information content (AvgIpc) is 2.82. The van der Waals surface area contributed by atoms with Crippen molar-refractivity contribution in [2.45, 2.75) is 0 Å². The Morgan fingerprint density at radius 3 is 2.67 bits per heavy atom. The first-order valence-electron chi connectivity index (χ1n) is 5.49. The van der Waals surface area contributed by atoms with Crippen molar-refractivity contribution in [3.8, 4) is 0 Å². The first kappa shape index (κ1) is 10.5. The minimum Gasteiger partial charge on any atom is -0.324 e. The molecule has 5 heteroatoms. The smallest absolute Gasteiger partial charge is 0.258 e. The molecule has 0 aliphatic carbocycles. The Balaban J connectivity index is 1.86. The number of nitrogens with one attached hydrogen (secondary N) is 2. The van der Waals surface area contributed by atoms with E-state index in [1.165, 1.54) is 0 Å². The maximum Gasteiger partial charge on any atom is 0.258 e. The van der Waals surface area contributed by atoms with Gasteiger partial charge in [-0.1, -0.05) is 12.1 Å². The number of nitrogens with zero attached hydrogens (tertiary/aromatic N) is 2. The first-order valence-corrected chi connectivity index (χ1v) is 5.49. The van der Waals surface area contributed by atoms with E-state index < -0.39 is 0 Å². The largest absolute Gasteiger partial charge is 0.324 e. The molecule has 0 atom stereocenters. The fraction of sp³-hybridized carbons (Fsp3) is 0. The lowest BCUT2D eigenvalue weighted by atomic mass is 10.2. The Morgan fingerprint density at radius 2 is 1.89 bits per heavy atom. The van der Waals surface area contributed by atoms with Crippen molar-refractivity contribution < 1.29 is 4.79 Å². The lowest BCUT2D eigenvalue weighted by Crippen LogP contribution is -2.12. The number of amides is 1. The second-order valence-electron chi connectivity index (χ2n) is 3.79. The Morgan fingerprint density at radius 1 is 1.11 bits per heavy atom. The third-order valence-corrected chi connectivity index (χ3v) is 2.56. The Bertz CT molecular complexity index is 657. The fourth-order valence-corrected chi connectivity index (χ4v) is 1.69. The monoisotopic (exact) mass is 238 g/mol. The van der Waals surface area contributed by atoms with Crippen molar-refractivity contribution in [1.29, 1.82) is 0 Å². The zero-order valence-corrected chi connectivity index (χ0v) is 9.42. The summed E-state index contributed by atoms with van der Waals surface area (Å²) in [6.45, 7) is 0. The highest BCUT2D eigenvalue weighted by Gasteiger charge is 2.08. The quantitative estimate of drug-likeness (QED) is 0.719. The minimum absolute atomic E-state index is 0.212. The van der Waals surface area contributed by atoms with Gasteiger partial charge in [-0.25, -0.2) is 4.98 Å². The molecule has 0 radical (unpaired) electrons. The van der Waals surface area contributed by atoms with E-state index in [2.05, 4.69) is 20.3 Å². The maximum atomic E-state index is 11.9. The summed E-state index contributed by atoms with van der Waals surface area (Å²) in [5, 5.41) is 2.71. The summed E-state index contributed by atoms with van der Waals surface area (Å²) in [4.78, 5) is 23.1. The summed E-state index contributed by atoms with van der Waals surface area (Å²) in [7, 11) is 0. The summed E-state index contributed by atoms with van der Waals surface area (Å²) < 4.78 is 0. The number of anilines is 1. The summed E-state index contributed by atoms with van der Waals surface area (Å²) in [6, 6.07) is 10.9. The van der Waals surface area contributed by atoms with Crippen LogP contribution in [0.25, 0.3) is 11.0 Å². The number of hydrogen-bond acceptors (Lipinski definition) is 3. The highest BCUT2D eigenvalue weighted by Crippen LogP contribution is 2.13. The van der Waals surface area contributed by atoms with E-state index in [0.29, 0.717) is 11.5 Å². The van der Waals surface area contributed by atoms with E-state index in [-0.39, 0.29) is 5.91 Å². The summed E-state index contributed by atoms with van der Waals surface area (Å²) in [5.74, 6) is 0.231. The Labute approximate surface area is 103 Å². The van der Waals surface area contributed by atoms with Crippen molar-refractivity contribution in [3.05, 3.63) is 54.4 Å². The van der Waals surface area contributed by atoms with Gasteiger partial charge in [-0.2, -0.15) is 0 Å². The number of imidazole rings is 1. The molecule has 1 aromatic carbocycles. The third-order valence-electron chi connectivity index (χ3n) is 2.56. The van der Waals surface area contributed by atoms with Crippen LogP contribution >= 0.6 is 0 Å². The molecule has 5 nitrogen and oxygen atoms in total. The number of H-pyrrole nitrogens is 1. The van der Waals surface area contributed by atoms with Crippen LogP contribution in [0.15, 0.2) is 48.8 Å². The number of hydrogen-bond donors (Lipinski definition) is 2. The molecule has 0 aliphatic rings. The van der Waals surface area contributed by atoms with Gasteiger partial charge < -0.3 is 4.98 Å². The normalized spacial score (nSPS) is 10.4. The Kier molecular flexibility index (Phi) is 2.49. The van der Waals surface area contributed by atoms with Crippen LogP contribution < -0.4 is 5.32 Å². The molecule has 2 aromatic heterocycles. The van der Waals surface area contributed by atoms with E-state index in [4.69, 9.17) is 0 Å². The van der Waals surface area contributed by atoms with Crippen molar-refractivity contribution in [2.24, 2.45) is 0 Å². The number of aromatic amines is 1. The molecule has 88 valence electrons. The molecular formula is C13H10N4O. The number of para-hydroxylation sites is 2. The fourth-order valence-electron chi connectivity index (χ4n) is 1.69. The van der Waals surface area contributed by atoms with Crippen LogP contribution in [-0.4, -0.2) is 20.9 Å². The number of benzene rings is 1. The predicted octanol–water partition coefficient (Wildman–Crippen LogP) is 2.21. The molecule has 3 rings (SSSR count). The van der Waals surface area contributed by atoms with E-state index in [9.17, 15) is 4.79 Å². The van der Waals surface area contributed by atoms with Gasteiger partial charge in [-0.3, -0.25) is 15.1 Å². The SMILES string of the molecule is O=C(Nc1nc2ccccc2[nH]1)c1ccncc1. The lowest BCUT2D eigenvalue weighted by Gasteiger charge is -2.00. The molecule has 0 spiro atoms. The van der Waals surface area contributed by atoms with E-state index in [1.807, 2.05) is 24.3 Å². The van der Waals surface area contributed by atoms with E-state index in [0.717, 1.165) is 11.0 Å². The van der Waals surface area contributed by atoms with Gasteiger partial charge in [0.2, 0.25) is 5.95 Å². The second-order valence-corrected chi connectivity index (χ2v) is 3.79. The summed E-state index contributed by atoms with van der Waals surface area (Å²) in [5.41, 5.74) is 2.26. The standard InChI is InChI=1S/C13H10N4O/c18-12(9-5-7-14-8-6-9)17-13-15-10-3-1-2-4-11(10)16-13/h1-8H,(H2,15,16,17,18). The van der Waals surface area contributed by atoms with Crippen molar-refractivity contribution in [1.82, 2.24) is 15.0 Å². The molecule has 1 amide bonds. The number of carbonyl (C=O) groups excluding carboxylic acids is 1. The molecule has 0 aliphatic heterocycles. The number of rotatable bonds is 2. The first-order chi connectivity index (χ1) is 8.83. The molecule has 2 N–H and O–H groups in total. The van der Waals surface area contributed by atoms with Crippen LogP contribution in [0, 0.1) is 0 Å². The second kappa shape index (κ2) is 4.29. The molecule has 3 aromatic rings. The van der Waals surface area contributed by atoms with Gasteiger partial charge in [0.25, 0.3) is 5.91 Å². The molecule has 0 fully saturated rings. The molecule has 0 bridgehead atoms. The number of pyridine rings is 1. The molecule has 0 unspecified atom stereocenters. The van der Waals surface area contributed by atoms with Crippen LogP contribution in [0.3, 0.4) is 0 Å². The van der Waals surface area contributed by atoms with Crippen LogP contribution in [-0.2, 0) is 0 Å². The number of aromatic nitrogens is 3. The van der Waals surface area contributed by atoms with Gasteiger partial charge in [0.15, 0.2) is 0 Å². The minimum atomic E-state index is -0.212. The molecule has 18 heavy (non-hydrogen) atoms. The zero-order valence-electron chi connectivity index (χ0n) is 9.42. The average molecular weight is 238 g/mol. The topological polar surface area (TPSA) is 70.7 Å². The summed E-state index contributed by atoms with van der Waals surface area (Å²) >= 11 is 0. The van der Waals surface area contributed by atoms with Gasteiger partial charge in [0.1, 0.15) is 0 Å². The maximum absolute atomic E-state index is 11.9. The lowest BCUT2D eigenvalue weighted by molar-refractivity contribution is 0.102. The van der Waals surface area contributed by atoms with Gasteiger partial charge in [0.05, 0.1) is 11.0 Å². The number of carbonyl (C=O) groups is 1. The van der Waals surface area contributed by atoms with Gasteiger partial charge >= 0.3 is 0 Å². The zero-order chi connectivity index (χ0) is 12.4. The van der Waals surface area contributed by atoms with Crippen LogP contribution in [0.2, 0.25) is 0 Å². The van der Waals surface area contributed by atoms with Crippen LogP contribution in [0.4, 0.5) is 5.95 Å². The Hall–Kier alpha value is -2.69. The van der Waals surface area contributed by atoms with Crippen LogP contribution in [0.5, 0.6) is 0 Å². The molecule has 0 saturated heterocycles. The predicted molar refractivity (Wildman–Crippen MR) is 68.3 cm³/mol. The van der Waals surface area contributed by atoms with Crippen molar-refractivity contribution >= 4 is 22.9 Å². The van der Waals surface area contributed by atoms with Crippen molar-refractivity contribution in [3.63, 3.8) is 0 Å². The van der Waals surface area contributed by atoms with E-state index in [1.54, 1.807) is 24.5 Å². The summed E-state index contributed by atoms with van der Waals surface area (Å²) in [6.07, 6.45) is 3.15. The van der Waals surface area contributed by atoms with Gasteiger partial charge in [-0.15, -0.1) is 0 Å². The third kappa shape index (κ3) is 1.93. The van der Waals surface area contributed by atoms with Gasteiger partial charge in [0, 0.05) is 18.0 Å². The molecular weight excluding hydrogens is 228 g/mol. The van der Waals surface area contributed by atoms with Crippen LogP contribution in [0.1, 0.15) is 10.4 Å². The number of fused-ring (bicyclic) bond motifs is 1. The molecule has 0 saturated carbocycles. The highest BCUT2D eigenvalue weighted by atomic mass is 16.1. The van der Waals surface area contributed by atoms with Crippen molar-refractivity contribution in [2.75, 3.05) is 5.32 Å². The highest BCUT2D eigenvalue weighted by molar-refractivity contribution is 6.03.